The van der Waals surface area contributed by atoms with Gasteiger partial charge in [-0.25, -0.2) is 0 Å². The Morgan fingerprint density at radius 1 is 0.429 bits per heavy atom. The van der Waals surface area contributed by atoms with Gasteiger partial charge in [-0.2, -0.15) is 0 Å². The number of nitrogens with one attached hydrogen (secondary N) is 2. The van der Waals surface area contributed by atoms with Crippen molar-refractivity contribution in [2.75, 3.05) is 10.6 Å². The Balaban J connectivity index is 1.03. The van der Waals surface area contributed by atoms with Crippen LogP contribution in [0.5, 0.6) is 23.0 Å². The third kappa shape index (κ3) is 10.8. The van der Waals surface area contributed by atoms with Gasteiger partial charge in [0.1, 0.15) is 11.5 Å². The molecule has 4 aromatic carbocycles. The van der Waals surface area contributed by atoms with Gasteiger partial charge in [0, 0.05) is 12.8 Å². The number of carbonyl (C=O) groups is 2. The lowest BCUT2D eigenvalue weighted by molar-refractivity contribution is -0.117. The lowest BCUT2D eigenvalue weighted by Crippen LogP contribution is -2.11. The van der Waals surface area contributed by atoms with Crippen LogP contribution >= 0.6 is 0 Å². The highest BCUT2D eigenvalue weighted by atomic mass is 16.5. The molecule has 6 heteroatoms. The van der Waals surface area contributed by atoms with E-state index in [1.807, 2.05) is 109 Å². The third-order valence-electron chi connectivity index (χ3n) is 6.82. The first-order valence-corrected chi connectivity index (χ1v) is 14.9. The molecule has 0 aliphatic carbocycles. The molecule has 0 saturated heterocycles. The zero-order valence-electron chi connectivity index (χ0n) is 24.1. The van der Waals surface area contributed by atoms with E-state index in [1.54, 1.807) is 0 Å². The summed E-state index contributed by atoms with van der Waals surface area (Å²) in [7, 11) is 0. The van der Waals surface area contributed by atoms with E-state index in [4.69, 9.17) is 9.47 Å². The van der Waals surface area contributed by atoms with E-state index in [1.165, 1.54) is 0 Å². The molecule has 0 saturated carbocycles. The minimum Gasteiger partial charge on any atom is -0.455 e. The van der Waals surface area contributed by atoms with Gasteiger partial charge in [0.15, 0.2) is 11.5 Å². The first-order valence-electron chi connectivity index (χ1n) is 14.9. The molecule has 0 unspecified atom stereocenters. The van der Waals surface area contributed by atoms with E-state index in [2.05, 4.69) is 10.6 Å². The largest absolute Gasteiger partial charge is 0.455 e. The molecule has 0 aliphatic heterocycles. The van der Waals surface area contributed by atoms with Crippen molar-refractivity contribution in [1.82, 2.24) is 0 Å². The Bertz CT molecular complexity index is 1270. The molecule has 0 heterocycles. The first kappa shape index (κ1) is 30.4. The molecule has 0 atom stereocenters. The highest BCUT2D eigenvalue weighted by Gasteiger charge is 2.10. The van der Waals surface area contributed by atoms with Gasteiger partial charge in [-0.1, -0.05) is 99.2 Å². The molecule has 42 heavy (non-hydrogen) atoms. The fourth-order valence-corrected chi connectivity index (χ4v) is 4.61. The lowest BCUT2D eigenvalue weighted by atomic mass is 10.1. The van der Waals surface area contributed by atoms with Crippen molar-refractivity contribution in [1.29, 1.82) is 0 Å². The van der Waals surface area contributed by atoms with Gasteiger partial charge in [0.05, 0.1) is 11.4 Å². The second-order valence-electron chi connectivity index (χ2n) is 10.2. The SMILES string of the molecule is O=C(CCCCCCCCCCC(=O)Nc1ccccc1Oc1ccccc1)Nc1ccccc1Oc1ccccc1. The average molecular weight is 565 g/mol. The second-order valence-corrected chi connectivity index (χ2v) is 10.2. The van der Waals surface area contributed by atoms with Crippen LogP contribution in [0.3, 0.4) is 0 Å². The van der Waals surface area contributed by atoms with E-state index >= 15 is 0 Å². The molecular weight excluding hydrogens is 524 g/mol. The number of benzene rings is 4. The highest BCUT2D eigenvalue weighted by molar-refractivity contribution is 5.92. The minimum absolute atomic E-state index is 0.00615. The highest BCUT2D eigenvalue weighted by Crippen LogP contribution is 2.30. The van der Waals surface area contributed by atoms with Crippen molar-refractivity contribution in [3.05, 3.63) is 109 Å². The fraction of sp³-hybridized carbons (Fsp3) is 0.278. The number of carbonyl (C=O) groups excluding carboxylic acids is 2. The van der Waals surface area contributed by atoms with Crippen LogP contribution in [0.1, 0.15) is 64.2 Å². The van der Waals surface area contributed by atoms with E-state index in [-0.39, 0.29) is 11.8 Å². The third-order valence-corrected chi connectivity index (χ3v) is 6.82. The van der Waals surface area contributed by atoms with Crippen LogP contribution in [0, 0.1) is 0 Å². The van der Waals surface area contributed by atoms with Crippen LogP contribution in [0.15, 0.2) is 109 Å². The fourth-order valence-electron chi connectivity index (χ4n) is 4.61. The predicted molar refractivity (Wildman–Crippen MR) is 169 cm³/mol. The maximum Gasteiger partial charge on any atom is 0.224 e. The number of hydrogen-bond acceptors (Lipinski definition) is 4. The summed E-state index contributed by atoms with van der Waals surface area (Å²) in [6.07, 6.45) is 9.29. The van der Waals surface area contributed by atoms with Crippen LogP contribution < -0.4 is 20.1 Å². The number of rotatable bonds is 17. The van der Waals surface area contributed by atoms with Gasteiger partial charge in [-0.05, 0) is 61.4 Å². The summed E-state index contributed by atoms with van der Waals surface area (Å²) in [5.41, 5.74) is 1.37. The number of hydrogen-bond donors (Lipinski definition) is 2. The Morgan fingerprint density at radius 3 is 1.17 bits per heavy atom. The molecule has 0 aliphatic rings. The molecule has 218 valence electrons. The van der Waals surface area contributed by atoms with Crippen molar-refractivity contribution < 1.29 is 19.1 Å². The zero-order chi connectivity index (χ0) is 29.2. The Hall–Kier alpha value is -4.58. The number of para-hydroxylation sites is 6. The Kier molecular flexibility index (Phi) is 12.5. The van der Waals surface area contributed by atoms with Crippen LogP contribution in [-0.2, 0) is 9.59 Å². The van der Waals surface area contributed by atoms with E-state index < -0.39 is 0 Å². The molecule has 4 rings (SSSR count). The first-order chi connectivity index (χ1) is 20.7. The van der Waals surface area contributed by atoms with E-state index in [0.29, 0.717) is 35.7 Å². The Labute approximate surface area is 249 Å². The second kappa shape index (κ2) is 17.3. The van der Waals surface area contributed by atoms with Crippen molar-refractivity contribution in [3.63, 3.8) is 0 Å². The molecule has 0 radical (unpaired) electrons. The molecule has 0 spiro atoms. The van der Waals surface area contributed by atoms with Crippen LogP contribution in [0.4, 0.5) is 11.4 Å². The standard InChI is InChI=1S/C36H40N2O4/c39-35(37-31-23-15-17-25-33(31)41-29-19-9-7-10-20-29)27-13-5-3-1-2-4-6-14-28-36(40)38-32-24-16-18-26-34(32)42-30-21-11-8-12-22-30/h7-12,15-26H,1-6,13-14,27-28H2,(H,37,39)(H,38,40). The van der Waals surface area contributed by atoms with E-state index in [9.17, 15) is 9.59 Å². The van der Waals surface area contributed by atoms with Gasteiger partial charge in [-0.3, -0.25) is 9.59 Å². The van der Waals surface area contributed by atoms with Crippen molar-refractivity contribution in [2.24, 2.45) is 0 Å². The quantitative estimate of drug-likeness (QED) is 0.125. The van der Waals surface area contributed by atoms with Crippen LogP contribution in [-0.4, -0.2) is 11.8 Å². The minimum atomic E-state index is 0.00615. The van der Waals surface area contributed by atoms with Crippen molar-refractivity contribution in [2.45, 2.75) is 64.2 Å². The summed E-state index contributed by atoms with van der Waals surface area (Å²) >= 11 is 0. The molecule has 0 aromatic heterocycles. The summed E-state index contributed by atoms with van der Waals surface area (Å²) in [5.74, 6) is 2.75. The van der Waals surface area contributed by atoms with Crippen LogP contribution in [0.2, 0.25) is 0 Å². The number of ether oxygens (including phenoxy) is 2. The average Bonchev–Trinajstić information content (AvgIpc) is 3.01. The maximum atomic E-state index is 12.5. The van der Waals surface area contributed by atoms with Gasteiger partial charge in [0.25, 0.3) is 0 Å². The van der Waals surface area contributed by atoms with E-state index in [0.717, 1.165) is 62.9 Å². The monoisotopic (exact) mass is 564 g/mol. The lowest BCUT2D eigenvalue weighted by Gasteiger charge is -2.12. The Morgan fingerprint density at radius 2 is 0.762 bits per heavy atom. The summed E-state index contributed by atoms with van der Waals surface area (Å²) in [5, 5.41) is 5.98. The van der Waals surface area contributed by atoms with Crippen molar-refractivity contribution in [3.8, 4) is 23.0 Å². The van der Waals surface area contributed by atoms with Crippen molar-refractivity contribution >= 4 is 23.2 Å². The molecule has 0 bridgehead atoms. The molecule has 2 N–H and O–H groups in total. The van der Waals surface area contributed by atoms with Crippen LogP contribution in [0.25, 0.3) is 0 Å². The number of unbranched alkanes of at least 4 members (excludes halogenated alkanes) is 7. The summed E-state index contributed by atoms with van der Waals surface area (Å²) in [6.45, 7) is 0. The van der Waals surface area contributed by atoms with Gasteiger partial charge in [-0.15, -0.1) is 0 Å². The molecule has 2 amide bonds. The zero-order valence-corrected chi connectivity index (χ0v) is 24.1. The summed E-state index contributed by atoms with van der Waals surface area (Å²) in [6, 6.07) is 34.1. The molecule has 6 nitrogen and oxygen atoms in total. The smallest absolute Gasteiger partial charge is 0.224 e. The molecule has 0 fully saturated rings. The van der Waals surface area contributed by atoms with Gasteiger partial charge >= 0.3 is 0 Å². The number of amides is 2. The normalized spacial score (nSPS) is 10.6. The maximum absolute atomic E-state index is 12.5. The van der Waals surface area contributed by atoms with Gasteiger partial charge < -0.3 is 20.1 Å². The summed E-state index contributed by atoms with van der Waals surface area (Å²) in [4.78, 5) is 25.0. The molecular formula is C36H40N2O4. The topological polar surface area (TPSA) is 76.7 Å². The van der Waals surface area contributed by atoms with Gasteiger partial charge in [0.2, 0.25) is 11.8 Å². The molecule has 4 aromatic rings. The summed E-state index contributed by atoms with van der Waals surface area (Å²) < 4.78 is 11.9. The predicted octanol–water partition coefficient (Wildman–Crippen LogP) is 9.75. The number of anilines is 2.